The lowest BCUT2D eigenvalue weighted by atomic mass is 10.2. The van der Waals surface area contributed by atoms with Gasteiger partial charge in [-0.25, -0.2) is 9.59 Å². The van der Waals surface area contributed by atoms with Gasteiger partial charge in [-0.15, -0.1) is 0 Å². The summed E-state index contributed by atoms with van der Waals surface area (Å²) in [6.07, 6.45) is 1.77. The van der Waals surface area contributed by atoms with Crippen molar-refractivity contribution >= 4 is 29.2 Å². The first-order valence-corrected chi connectivity index (χ1v) is 10.6. The summed E-state index contributed by atoms with van der Waals surface area (Å²) in [6.45, 7) is 7.89. The molecule has 1 amide bonds. The predicted octanol–water partition coefficient (Wildman–Crippen LogP) is 4.29. The van der Waals surface area contributed by atoms with E-state index in [-0.39, 0.29) is 0 Å². The second-order valence-electron chi connectivity index (χ2n) is 6.91. The van der Waals surface area contributed by atoms with Crippen molar-refractivity contribution in [1.82, 2.24) is 0 Å². The number of carbonyl (C=O) groups is 3. The van der Waals surface area contributed by atoms with E-state index in [1.807, 2.05) is 19.1 Å². The second kappa shape index (κ2) is 12.4. The van der Waals surface area contributed by atoms with Gasteiger partial charge < -0.3 is 19.7 Å². The van der Waals surface area contributed by atoms with Crippen LogP contribution in [-0.4, -0.2) is 44.1 Å². The number of unbranched alkanes of at least 4 members (excludes halogenated alkanes) is 1. The molecule has 0 fully saturated rings. The smallest absolute Gasteiger partial charge is 0.338 e. The van der Waals surface area contributed by atoms with Gasteiger partial charge in [-0.2, -0.15) is 0 Å². The minimum atomic E-state index is -0.564. The Balaban J connectivity index is 1.82. The van der Waals surface area contributed by atoms with Crippen molar-refractivity contribution in [3.63, 3.8) is 0 Å². The summed E-state index contributed by atoms with van der Waals surface area (Å²) in [5, 5.41) is 2.63. The Morgan fingerprint density at radius 2 is 1.35 bits per heavy atom. The van der Waals surface area contributed by atoms with Gasteiger partial charge in [0, 0.05) is 24.5 Å². The Morgan fingerprint density at radius 1 is 0.806 bits per heavy atom. The van der Waals surface area contributed by atoms with Gasteiger partial charge in [0.25, 0.3) is 5.91 Å². The number of nitrogens with one attached hydrogen (secondary N) is 1. The minimum Gasteiger partial charge on any atom is -0.462 e. The molecule has 0 aromatic heterocycles. The van der Waals surface area contributed by atoms with Gasteiger partial charge >= 0.3 is 11.9 Å². The maximum atomic E-state index is 12.2. The highest BCUT2D eigenvalue weighted by atomic mass is 16.5. The summed E-state index contributed by atoms with van der Waals surface area (Å²) < 4.78 is 10.2. The maximum Gasteiger partial charge on any atom is 0.338 e. The molecular weight excluding hydrogens is 396 g/mol. The Hall–Kier alpha value is -3.35. The number of carbonyl (C=O) groups excluding carboxylic acids is 3. The van der Waals surface area contributed by atoms with E-state index in [1.54, 1.807) is 36.4 Å². The summed E-state index contributed by atoms with van der Waals surface area (Å²) in [5.74, 6) is -1.43. The molecule has 0 aliphatic heterocycles. The van der Waals surface area contributed by atoms with E-state index in [4.69, 9.17) is 9.47 Å². The van der Waals surface area contributed by atoms with Crippen LogP contribution in [0.4, 0.5) is 11.4 Å². The monoisotopic (exact) mass is 426 g/mol. The third kappa shape index (κ3) is 7.44. The van der Waals surface area contributed by atoms with Crippen molar-refractivity contribution in [3.8, 4) is 0 Å². The average molecular weight is 427 g/mol. The van der Waals surface area contributed by atoms with Gasteiger partial charge in [-0.3, -0.25) is 4.79 Å². The Labute approximate surface area is 183 Å². The van der Waals surface area contributed by atoms with Crippen LogP contribution < -0.4 is 10.2 Å². The lowest BCUT2D eigenvalue weighted by Crippen LogP contribution is -2.22. The zero-order chi connectivity index (χ0) is 22.6. The van der Waals surface area contributed by atoms with Crippen molar-refractivity contribution < 1.29 is 23.9 Å². The SMILES string of the molecule is CCCCOC(=O)c1ccc(NC(=O)COC(=O)c2ccc(N(CC)CC)cc2)cc1. The van der Waals surface area contributed by atoms with Gasteiger partial charge in [0.2, 0.25) is 0 Å². The van der Waals surface area contributed by atoms with E-state index in [1.165, 1.54) is 0 Å². The fraction of sp³-hybridized carbons (Fsp3) is 0.375. The van der Waals surface area contributed by atoms with Gasteiger partial charge in [0.1, 0.15) is 0 Å². The maximum absolute atomic E-state index is 12.2. The Kier molecular flexibility index (Phi) is 9.55. The summed E-state index contributed by atoms with van der Waals surface area (Å²) in [6, 6.07) is 13.4. The van der Waals surface area contributed by atoms with Crippen molar-refractivity contribution in [2.24, 2.45) is 0 Å². The van der Waals surface area contributed by atoms with Crippen molar-refractivity contribution in [2.75, 3.05) is 36.5 Å². The van der Waals surface area contributed by atoms with Crippen LogP contribution in [0.3, 0.4) is 0 Å². The quantitative estimate of drug-likeness (QED) is 0.426. The molecule has 0 saturated carbocycles. The first-order chi connectivity index (χ1) is 15.0. The molecule has 0 bridgehead atoms. The molecule has 7 heteroatoms. The molecule has 31 heavy (non-hydrogen) atoms. The van der Waals surface area contributed by atoms with Gasteiger partial charge in [-0.05, 0) is 68.8 Å². The second-order valence-corrected chi connectivity index (χ2v) is 6.91. The van der Waals surface area contributed by atoms with Gasteiger partial charge in [0.15, 0.2) is 6.61 Å². The number of amides is 1. The van der Waals surface area contributed by atoms with Crippen LogP contribution in [0, 0.1) is 0 Å². The van der Waals surface area contributed by atoms with Crippen LogP contribution in [0.5, 0.6) is 0 Å². The standard InChI is InChI=1S/C24H30N2O5/c1-4-7-16-30-23(28)18-8-12-20(13-9-18)25-22(27)17-31-24(29)19-10-14-21(15-11-19)26(5-2)6-3/h8-15H,4-7,16-17H2,1-3H3,(H,25,27). The lowest BCUT2D eigenvalue weighted by molar-refractivity contribution is -0.119. The van der Waals surface area contributed by atoms with Crippen LogP contribution in [-0.2, 0) is 14.3 Å². The molecular formula is C24H30N2O5. The van der Waals surface area contributed by atoms with Gasteiger partial charge in [-0.1, -0.05) is 13.3 Å². The number of hydrogen-bond donors (Lipinski definition) is 1. The normalized spacial score (nSPS) is 10.3. The summed E-state index contributed by atoms with van der Waals surface area (Å²) in [7, 11) is 0. The van der Waals surface area contributed by atoms with Crippen molar-refractivity contribution in [3.05, 3.63) is 59.7 Å². The van der Waals surface area contributed by atoms with Crippen LogP contribution in [0.25, 0.3) is 0 Å². The highest BCUT2D eigenvalue weighted by Gasteiger charge is 2.12. The molecule has 2 aromatic carbocycles. The molecule has 0 atom stereocenters. The molecule has 0 spiro atoms. The third-order valence-corrected chi connectivity index (χ3v) is 4.70. The Morgan fingerprint density at radius 3 is 1.90 bits per heavy atom. The fourth-order valence-corrected chi connectivity index (χ4v) is 2.89. The topological polar surface area (TPSA) is 84.9 Å². The lowest BCUT2D eigenvalue weighted by Gasteiger charge is -2.20. The molecule has 0 heterocycles. The predicted molar refractivity (Wildman–Crippen MR) is 121 cm³/mol. The molecule has 2 aromatic rings. The third-order valence-electron chi connectivity index (χ3n) is 4.70. The van der Waals surface area contributed by atoms with Crippen LogP contribution >= 0.6 is 0 Å². The zero-order valence-electron chi connectivity index (χ0n) is 18.3. The van der Waals surface area contributed by atoms with Crippen LogP contribution in [0.2, 0.25) is 0 Å². The minimum absolute atomic E-state index is 0.384. The van der Waals surface area contributed by atoms with E-state index >= 15 is 0 Å². The number of esters is 2. The van der Waals surface area contributed by atoms with Gasteiger partial charge in [0.05, 0.1) is 17.7 Å². The molecule has 0 aliphatic carbocycles. The number of benzene rings is 2. The number of nitrogens with zero attached hydrogens (tertiary/aromatic N) is 1. The zero-order valence-corrected chi connectivity index (χ0v) is 18.3. The molecule has 0 radical (unpaired) electrons. The van der Waals surface area contributed by atoms with E-state index in [2.05, 4.69) is 24.1 Å². The molecule has 0 aliphatic rings. The number of rotatable bonds is 11. The molecule has 166 valence electrons. The largest absolute Gasteiger partial charge is 0.462 e. The first-order valence-electron chi connectivity index (χ1n) is 10.6. The fourth-order valence-electron chi connectivity index (χ4n) is 2.89. The first kappa shape index (κ1) is 23.9. The van der Waals surface area contributed by atoms with Crippen molar-refractivity contribution in [1.29, 1.82) is 0 Å². The molecule has 2 rings (SSSR count). The molecule has 1 N–H and O–H groups in total. The van der Waals surface area contributed by atoms with E-state index in [0.29, 0.717) is 23.4 Å². The highest BCUT2D eigenvalue weighted by molar-refractivity contribution is 5.96. The molecule has 0 unspecified atom stereocenters. The highest BCUT2D eigenvalue weighted by Crippen LogP contribution is 2.16. The van der Waals surface area contributed by atoms with E-state index < -0.39 is 24.5 Å². The summed E-state index contributed by atoms with van der Waals surface area (Å²) >= 11 is 0. The number of ether oxygens (including phenoxy) is 2. The van der Waals surface area contributed by atoms with Crippen LogP contribution in [0.1, 0.15) is 54.3 Å². The Bertz CT molecular complexity index is 859. The number of anilines is 2. The summed E-state index contributed by atoms with van der Waals surface area (Å²) in [4.78, 5) is 38.3. The molecule has 0 saturated heterocycles. The van der Waals surface area contributed by atoms with E-state index in [9.17, 15) is 14.4 Å². The van der Waals surface area contributed by atoms with E-state index in [0.717, 1.165) is 31.6 Å². The van der Waals surface area contributed by atoms with Crippen LogP contribution in [0.15, 0.2) is 48.5 Å². The summed E-state index contributed by atoms with van der Waals surface area (Å²) in [5.41, 5.74) is 2.31. The average Bonchev–Trinajstić information content (AvgIpc) is 2.79. The van der Waals surface area contributed by atoms with Crippen molar-refractivity contribution in [2.45, 2.75) is 33.6 Å². The number of hydrogen-bond acceptors (Lipinski definition) is 6. The molecule has 7 nitrogen and oxygen atoms in total.